The Kier molecular flexibility index (Phi) is 4.96. The lowest BCUT2D eigenvalue weighted by atomic mass is 10.1. The number of nitrogens with zero attached hydrogens (tertiary/aromatic N) is 3. The molecule has 16 heavy (non-hydrogen) atoms. The average Bonchev–Trinajstić information content (AvgIpc) is 2.64. The molecule has 0 amide bonds. The van der Waals surface area contributed by atoms with Gasteiger partial charge in [-0.3, -0.25) is 4.90 Å². The van der Waals surface area contributed by atoms with Crippen LogP contribution in [0, 0.1) is 0 Å². The van der Waals surface area contributed by atoms with Gasteiger partial charge in [0, 0.05) is 31.5 Å². The molecule has 0 aliphatic rings. The fraction of sp³-hybridized carbons (Fsp3) is 0.750. The molecule has 92 valence electrons. The van der Waals surface area contributed by atoms with Crippen molar-refractivity contribution in [1.29, 1.82) is 0 Å². The third-order valence-corrected chi connectivity index (χ3v) is 3.25. The molecular formula is C12H24N4. The highest BCUT2D eigenvalue weighted by Gasteiger charge is 2.13. The maximum Gasteiger partial charge on any atom is 0.122 e. The molecule has 1 aromatic rings. The SMILES string of the molecule is CNC(C)CC(C)N(C)Cc1nccn1C. The van der Waals surface area contributed by atoms with Gasteiger partial charge in [-0.05, 0) is 34.4 Å². The van der Waals surface area contributed by atoms with Crippen LogP contribution < -0.4 is 5.32 Å². The van der Waals surface area contributed by atoms with Crippen molar-refractivity contribution in [3.05, 3.63) is 18.2 Å². The molecule has 0 saturated heterocycles. The molecule has 1 rings (SSSR count). The highest BCUT2D eigenvalue weighted by atomic mass is 15.2. The van der Waals surface area contributed by atoms with Crippen LogP contribution in [0.3, 0.4) is 0 Å². The fourth-order valence-electron chi connectivity index (χ4n) is 1.74. The number of hydrogen-bond donors (Lipinski definition) is 1. The second kappa shape index (κ2) is 6.01. The van der Waals surface area contributed by atoms with Crippen molar-refractivity contribution in [2.45, 2.75) is 38.9 Å². The minimum Gasteiger partial charge on any atom is -0.337 e. The van der Waals surface area contributed by atoms with E-state index in [0.717, 1.165) is 18.8 Å². The second-order valence-corrected chi connectivity index (χ2v) is 4.64. The molecule has 4 heteroatoms. The number of hydrogen-bond acceptors (Lipinski definition) is 3. The van der Waals surface area contributed by atoms with Crippen LogP contribution in [-0.4, -0.2) is 40.6 Å². The minimum atomic E-state index is 0.554. The van der Waals surface area contributed by atoms with Crippen molar-refractivity contribution in [3.8, 4) is 0 Å². The third-order valence-electron chi connectivity index (χ3n) is 3.25. The van der Waals surface area contributed by atoms with E-state index < -0.39 is 0 Å². The zero-order valence-electron chi connectivity index (χ0n) is 11.1. The van der Waals surface area contributed by atoms with E-state index in [1.54, 1.807) is 0 Å². The molecule has 0 aliphatic heterocycles. The number of imidazole rings is 1. The lowest BCUT2D eigenvalue weighted by molar-refractivity contribution is 0.218. The molecule has 0 bridgehead atoms. The molecule has 0 fully saturated rings. The lowest BCUT2D eigenvalue weighted by Gasteiger charge is -2.26. The highest BCUT2D eigenvalue weighted by molar-refractivity contribution is 4.91. The third kappa shape index (κ3) is 3.61. The Hall–Kier alpha value is -0.870. The Morgan fingerprint density at radius 2 is 2.19 bits per heavy atom. The van der Waals surface area contributed by atoms with Crippen molar-refractivity contribution in [2.75, 3.05) is 14.1 Å². The van der Waals surface area contributed by atoms with Crippen molar-refractivity contribution in [3.63, 3.8) is 0 Å². The summed E-state index contributed by atoms with van der Waals surface area (Å²) in [5.74, 6) is 1.12. The van der Waals surface area contributed by atoms with Gasteiger partial charge in [0.25, 0.3) is 0 Å². The van der Waals surface area contributed by atoms with Crippen LogP contribution in [0.25, 0.3) is 0 Å². The van der Waals surface area contributed by atoms with E-state index in [-0.39, 0.29) is 0 Å². The maximum absolute atomic E-state index is 4.34. The number of nitrogens with one attached hydrogen (secondary N) is 1. The van der Waals surface area contributed by atoms with Crippen molar-refractivity contribution >= 4 is 0 Å². The van der Waals surface area contributed by atoms with E-state index >= 15 is 0 Å². The summed E-state index contributed by atoms with van der Waals surface area (Å²) in [5, 5.41) is 3.27. The van der Waals surface area contributed by atoms with Crippen LogP contribution in [0.1, 0.15) is 26.1 Å². The van der Waals surface area contributed by atoms with Gasteiger partial charge in [0.2, 0.25) is 0 Å². The normalized spacial score (nSPS) is 15.4. The molecule has 0 radical (unpaired) electrons. The Balaban J connectivity index is 2.45. The summed E-state index contributed by atoms with van der Waals surface area (Å²) in [6.07, 6.45) is 4.99. The summed E-state index contributed by atoms with van der Waals surface area (Å²) in [7, 11) is 6.20. The van der Waals surface area contributed by atoms with Crippen LogP contribution in [-0.2, 0) is 13.6 Å². The Morgan fingerprint density at radius 1 is 1.50 bits per heavy atom. The fourth-order valence-corrected chi connectivity index (χ4v) is 1.74. The summed E-state index contributed by atoms with van der Waals surface area (Å²) >= 11 is 0. The van der Waals surface area contributed by atoms with E-state index in [1.807, 2.05) is 26.5 Å². The predicted octanol–water partition coefficient (Wildman–Crippen LogP) is 1.24. The van der Waals surface area contributed by atoms with Gasteiger partial charge in [-0.1, -0.05) is 0 Å². The largest absolute Gasteiger partial charge is 0.337 e. The quantitative estimate of drug-likeness (QED) is 0.789. The zero-order valence-corrected chi connectivity index (χ0v) is 11.1. The molecule has 0 spiro atoms. The van der Waals surface area contributed by atoms with Crippen molar-refractivity contribution < 1.29 is 0 Å². The number of aryl methyl sites for hydroxylation is 1. The van der Waals surface area contributed by atoms with Crippen LogP contribution in [0.4, 0.5) is 0 Å². The molecule has 0 aromatic carbocycles. The van der Waals surface area contributed by atoms with Gasteiger partial charge in [-0.15, -0.1) is 0 Å². The van der Waals surface area contributed by atoms with Gasteiger partial charge in [0.15, 0.2) is 0 Å². The molecule has 4 nitrogen and oxygen atoms in total. The monoisotopic (exact) mass is 224 g/mol. The second-order valence-electron chi connectivity index (χ2n) is 4.64. The molecule has 2 atom stereocenters. The van der Waals surface area contributed by atoms with Crippen LogP contribution >= 0.6 is 0 Å². The standard InChI is InChI=1S/C12H24N4/c1-10(13-3)8-11(2)16(5)9-12-14-6-7-15(12)4/h6-7,10-11,13H,8-9H2,1-5H3. The summed E-state index contributed by atoms with van der Waals surface area (Å²) in [6.45, 7) is 5.38. The molecule has 1 N–H and O–H groups in total. The summed E-state index contributed by atoms with van der Waals surface area (Å²) < 4.78 is 2.07. The number of aromatic nitrogens is 2. The first kappa shape index (κ1) is 13.2. The molecular weight excluding hydrogens is 200 g/mol. The summed E-state index contributed by atoms with van der Waals surface area (Å²) in [6, 6.07) is 1.11. The molecule has 1 aromatic heterocycles. The van der Waals surface area contributed by atoms with Gasteiger partial charge >= 0.3 is 0 Å². The van der Waals surface area contributed by atoms with Crippen LogP contribution in [0.5, 0.6) is 0 Å². The van der Waals surface area contributed by atoms with Gasteiger partial charge < -0.3 is 9.88 Å². The summed E-state index contributed by atoms with van der Waals surface area (Å²) in [4.78, 5) is 6.69. The first-order chi connectivity index (χ1) is 7.54. The van der Waals surface area contributed by atoms with E-state index in [9.17, 15) is 0 Å². The van der Waals surface area contributed by atoms with E-state index in [1.165, 1.54) is 0 Å². The average molecular weight is 224 g/mol. The molecule has 0 saturated carbocycles. The zero-order chi connectivity index (χ0) is 12.1. The lowest BCUT2D eigenvalue weighted by Crippen LogP contribution is -2.35. The molecule has 0 aliphatic carbocycles. The topological polar surface area (TPSA) is 33.1 Å². The smallest absolute Gasteiger partial charge is 0.122 e. The van der Waals surface area contributed by atoms with Gasteiger partial charge in [-0.2, -0.15) is 0 Å². The predicted molar refractivity (Wildman–Crippen MR) is 67.3 cm³/mol. The first-order valence-electron chi connectivity index (χ1n) is 5.88. The molecule has 2 unspecified atom stereocenters. The van der Waals surface area contributed by atoms with Gasteiger partial charge in [-0.25, -0.2) is 4.98 Å². The molecule has 1 heterocycles. The number of rotatable bonds is 6. The Morgan fingerprint density at radius 3 is 2.69 bits per heavy atom. The van der Waals surface area contributed by atoms with Gasteiger partial charge in [0.1, 0.15) is 5.82 Å². The Labute approximate surface area is 98.7 Å². The van der Waals surface area contributed by atoms with Gasteiger partial charge in [0.05, 0.1) is 6.54 Å². The van der Waals surface area contributed by atoms with E-state index in [4.69, 9.17) is 0 Å². The first-order valence-corrected chi connectivity index (χ1v) is 5.88. The highest BCUT2D eigenvalue weighted by Crippen LogP contribution is 2.08. The van der Waals surface area contributed by atoms with E-state index in [0.29, 0.717) is 12.1 Å². The van der Waals surface area contributed by atoms with Crippen LogP contribution in [0.2, 0.25) is 0 Å². The Bertz CT molecular complexity index is 308. The maximum atomic E-state index is 4.34. The van der Waals surface area contributed by atoms with E-state index in [2.05, 4.69) is 40.7 Å². The van der Waals surface area contributed by atoms with Crippen molar-refractivity contribution in [2.24, 2.45) is 7.05 Å². The minimum absolute atomic E-state index is 0.554. The van der Waals surface area contributed by atoms with Crippen molar-refractivity contribution in [1.82, 2.24) is 19.8 Å². The van der Waals surface area contributed by atoms with Crippen LogP contribution in [0.15, 0.2) is 12.4 Å². The summed E-state index contributed by atoms with van der Waals surface area (Å²) in [5.41, 5.74) is 0.